The lowest BCUT2D eigenvalue weighted by atomic mass is 9.98. The number of halogens is 4. The first-order valence-electron chi connectivity index (χ1n) is 5.48. The summed E-state index contributed by atoms with van der Waals surface area (Å²) < 4.78 is 37.0. The van der Waals surface area contributed by atoms with E-state index >= 15 is 0 Å². The van der Waals surface area contributed by atoms with Crippen molar-refractivity contribution in [1.29, 1.82) is 0 Å². The lowest BCUT2D eigenvalue weighted by Gasteiger charge is -2.17. The zero-order valence-electron chi connectivity index (χ0n) is 10.5. The van der Waals surface area contributed by atoms with Crippen LogP contribution in [0.15, 0.2) is 23.1 Å². The smallest absolute Gasteiger partial charge is 0.446 e. The van der Waals surface area contributed by atoms with Crippen LogP contribution in [-0.4, -0.2) is 27.5 Å². The molecule has 2 N–H and O–H groups in total. The van der Waals surface area contributed by atoms with Crippen LogP contribution >= 0.6 is 23.4 Å². The summed E-state index contributed by atoms with van der Waals surface area (Å²) in [4.78, 5) is 21.8. The maximum absolute atomic E-state index is 12.3. The van der Waals surface area contributed by atoms with Gasteiger partial charge in [0.2, 0.25) is 0 Å². The Morgan fingerprint density at radius 1 is 1.29 bits per heavy atom. The zero-order valence-corrected chi connectivity index (χ0v) is 12.1. The highest BCUT2D eigenvalue weighted by Gasteiger charge is 2.31. The van der Waals surface area contributed by atoms with Gasteiger partial charge in [-0.1, -0.05) is 6.07 Å². The molecule has 0 spiro atoms. The van der Waals surface area contributed by atoms with Crippen LogP contribution in [0.1, 0.15) is 29.5 Å². The Hall–Kier alpha value is -1.25. The molecule has 0 aliphatic heterocycles. The molecule has 0 radical (unpaired) electrons. The first kappa shape index (κ1) is 17.8. The van der Waals surface area contributed by atoms with Gasteiger partial charge in [-0.3, -0.25) is 4.79 Å². The number of rotatable bonds is 5. The van der Waals surface area contributed by atoms with Gasteiger partial charge in [-0.05, 0) is 41.9 Å². The minimum atomic E-state index is -4.56. The molecule has 0 saturated carbocycles. The van der Waals surface area contributed by atoms with Crippen LogP contribution in [0.5, 0.6) is 0 Å². The van der Waals surface area contributed by atoms with Crippen molar-refractivity contribution in [3.63, 3.8) is 0 Å². The predicted molar refractivity (Wildman–Crippen MR) is 70.2 cm³/mol. The molecule has 0 aromatic heterocycles. The van der Waals surface area contributed by atoms with Crippen LogP contribution in [0.3, 0.4) is 0 Å². The van der Waals surface area contributed by atoms with E-state index in [0.717, 1.165) is 25.1 Å². The van der Waals surface area contributed by atoms with E-state index in [1.54, 1.807) is 0 Å². The van der Waals surface area contributed by atoms with E-state index in [1.165, 1.54) is 0 Å². The van der Waals surface area contributed by atoms with Gasteiger partial charge in [0.1, 0.15) is 5.38 Å². The Kier molecular flexibility index (Phi) is 5.66. The van der Waals surface area contributed by atoms with E-state index in [4.69, 9.17) is 16.7 Å². The molecule has 1 aromatic carbocycles. The number of aliphatic hydroxyl groups is 1. The van der Waals surface area contributed by atoms with Crippen molar-refractivity contribution in [3.8, 4) is 0 Å². The summed E-state index contributed by atoms with van der Waals surface area (Å²) in [5.41, 5.74) is -4.94. The van der Waals surface area contributed by atoms with Gasteiger partial charge in [-0.25, -0.2) is 4.79 Å². The number of thioether (sulfide) groups is 1. The molecule has 0 fully saturated rings. The summed E-state index contributed by atoms with van der Waals surface area (Å²) in [7, 11) is 0. The first-order valence-corrected chi connectivity index (χ1v) is 6.73. The molecular weight excluding hydrogens is 333 g/mol. The van der Waals surface area contributed by atoms with Gasteiger partial charge in [0.25, 0.3) is 0 Å². The number of aliphatic hydroxyl groups excluding tert-OH is 1. The third-order valence-electron chi connectivity index (χ3n) is 2.45. The largest absolute Gasteiger partial charge is 0.479 e. The molecule has 0 heterocycles. The van der Waals surface area contributed by atoms with Gasteiger partial charge in [0.05, 0.1) is 0 Å². The standard InChI is InChI=1S/C12H10ClF3O4S/c1-5(17)9(13)7-3-2-6(21-12(14,15)16)4-8(7)10(18)11(19)20/h2-4,9-10,18H,1H3,(H,19,20). The van der Waals surface area contributed by atoms with Crippen LogP contribution in [0.4, 0.5) is 13.2 Å². The van der Waals surface area contributed by atoms with Crippen LogP contribution in [0, 0.1) is 0 Å². The fourth-order valence-electron chi connectivity index (χ4n) is 1.57. The van der Waals surface area contributed by atoms with E-state index in [1.807, 2.05) is 0 Å². The van der Waals surface area contributed by atoms with Crippen LogP contribution < -0.4 is 0 Å². The highest BCUT2D eigenvalue weighted by atomic mass is 35.5. The molecule has 0 amide bonds. The number of hydrogen-bond donors (Lipinski definition) is 2. The molecule has 0 saturated heterocycles. The number of alkyl halides is 4. The third kappa shape index (κ3) is 4.90. The molecule has 2 atom stereocenters. The number of benzene rings is 1. The van der Waals surface area contributed by atoms with Crippen LogP contribution in [-0.2, 0) is 9.59 Å². The summed E-state index contributed by atoms with van der Waals surface area (Å²) in [5.74, 6) is -2.18. The summed E-state index contributed by atoms with van der Waals surface area (Å²) in [6, 6.07) is 3.03. The number of carboxylic acids is 1. The van der Waals surface area contributed by atoms with Gasteiger partial charge in [0, 0.05) is 4.90 Å². The van der Waals surface area contributed by atoms with Crippen LogP contribution in [0.25, 0.3) is 0 Å². The number of carboxylic acid groups (broad SMARTS) is 1. The van der Waals surface area contributed by atoms with Crippen molar-refractivity contribution in [1.82, 2.24) is 0 Å². The second kappa shape index (κ2) is 6.67. The second-order valence-corrected chi connectivity index (χ2v) is 5.63. The van der Waals surface area contributed by atoms with E-state index in [2.05, 4.69) is 0 Å². The molecule has 4 nitrogen and oxygen atoms in total. The van der Waals surface area contributed by atoms with E-state index < -0.39 is 40.5 Å². The molecule has 1 rings (SSSR count). The lowest BCUT2D eigenvalue weighted by Crippen LogP contribution is -2.15. The Morgan fingerprint density at radius 2 is 1.86 bits per heavy atom. The van der Waals surface area contributed by atoms with Crippen molar-refractivity contribution in [2.75, 3.05) is 0 Å². The fourth-order valence-corrected chi connectivity index (χ4v) is 2.36. The average molecular weight is 343 g/mol. The molecule has 2 unspecified atom stereocenters. The first-order chi connectivity index (χ1) is 9.53. The molecular formula is C12H10ClF3O4S. The topological polar surface area (TPSA) is 74.6 Å². The minimum absolute atomic E-state index is 0.0365. The monoisotopic (exact) mass is 342 g/mol. The van der Waals surface area contributed by atoms with Gasteiger partial charge in [0.15, 0.2) is 11.9 Å². The SMILES string of the molecule is CC(=O)C(Cl)c1ccc(SC(F)(F)F)cc1C(O)C(=O)O. The fraction of sp³-hybridized carbons (Fsp3) is 0.333. The number of carbonyl (C=O) groups is 2. The molecule has 0 bridgehead atoms. The van der Waals surface area contributed by atoms with Gasteiger partial charge >= 0.3 is 11.5 Å². The predicted octanol–water partition coefficient (Wildman–Crippen LogP) is 3.29. The summed E-state index contributed by atoms with van der Waals surface area (Å²) in [5, 5.41) is 17.1. The van der Waals surface area contributed by atoms with Gasteiger partial charge in [-0.2, -0.15) is 13.2 Å². The number of ketones is 1. The summed E-state index contributed by atoms with van der Waals surface area (Å²) in [6.45, 7) is 1.15. The highest BCUT2D eigenvalue weighted by molar-refractivity contribution is 8.00. The van der Waals surface area contributed by atoms with Crippen molar-refractivity contribution in [2.24, 2.45) is 0 Å². The Labute approximate surface area is 126 Å². The third-order valence-corrected chi connectivity index (χ3v) is 3.71. The van der Waals surface area contributed by atoms with Gasteiger partial charge in [-0.15, -0.1) is 11.6 Å². The highest BCUT2D eigenvalue weighted by Crippen LogP contribution is 2.39. The molecule has 1 aromatic rings. The molecule has 0 aliphatic carbocycles. The maximum atomic E-state index is 12.3. The second-order valence-electron chi connectivity index (χ2n) is 4.05. The minimum Gasteiger partial charge on any atom is -0.479 e. The van der Waals surface area contributed by atoms with Gasteiger partial charge < -0.3 is 10.2 Å². The Balaban J connectivity index is 3.33. The average Bonchev–Trinajstić information content (AvgIpc) is 2.34. The molecule has 21 heavy (non-hydrogen) atoms. The maximum Gasteiger partial charge on any atom is 0.446 e. The zero-order chi connectivity index (χ0) is 16.4. The van der Waals surface area contributed by atoms with Crippen LogP contribution in [0.2, 0.25) is 0 Å². The molecule has 116 valence electrons. The number of Topliss-reactive ketones (excluding diaryl/α,β-unsaturated/α-hetero) is 1. The normalized spacial score (nSPS) is 14.6. The summed E-state index contributed by atoms with van der Waals surface area (Å²) in [6.07, 6.45) is -2.07. The van der Waals surface area contributed by atoms with E-state index in [9.17, 15) is 27.9 Å². The van der Waals surface area contributed by atoms with Crippen molar-refractivity contribution in [3.05, 3.63) is 29.3 Å². The van der Waals surface area contributed by atoms with E-state index in [-0.39, 0.29) is 16.0 Å². The quantitative estimate of drug-likeness (QED) is 0.634. The summed E-state index contributed by atoms with van der Waals surface area (Å²) >= 11 is 5.34. The van der Waals surface area contributed by atoms with Crippen molar-refractivity contribution >= 4 is 35.1 Å². The molecule has 0 aliphatic rings. The number of carbonyl (C=O) groups excluding carboxylic acids is 1. The van der Waals surface area contributed by atoms with E-state index in [0.29, 0.717) is 0 Å². The Morgan fingerprint density at radius 3 is 2.29 bits per heavy atom. The number of hydrogen-bond acceptors (Lipinski definition) is 4. The lowest BCUT2D eigenvalue weighted by molar-refractivity contribution is -0.147. The number of aliphatic carboxylic acids is 1. The Bertz CT molecular complexity index is 562. The van der Waals surface area contributed by atoms with Crippen molar-refractivity contribution in [2.45, 2.75) is 28.8 Å². The van der Waals surface area contributed by atoms with Crippen molar-refractivity contribution < 1.29 is 33.0 Å². The molecule has 9 heteroatoms.